The highest BCUT2D eigenvalue weighted by Gasteiger charge is 2.53. The van der Waals surface area contributed by atoms with E-state index in [0.29, 0.717) is 0 Å². The summed E-state index contributed by atoms with van der Waals surface area (Å²) in [4.78, 5) is 12.9. The highest BCUT2D eigenvalue weighted by molar-refractivity contribution is 5.95. The highest BCUT2D eigenvalue weighted by Crippen LogP contribution is 2.40. The van der Waals surface area contributed by atoms with Crippen molar-refractivity contribution in [3.63, 3.8) is 0 Å². The Morgan fingerprint density at radius 1 is 1.17 bits per heavy atom. The smallest absolute Gasteiger partial charge is 0.248 e. The molecule has 3 heterocycles. The Hall–Kier alpha value is -2.92. The molecule has 13 heteroatoms. The Morgan fingerprint density at radius 2 is 1.85 bits per heavy atom. The van der Waals surface area contributed by atoms with Gasteiger partial charge in [-0.1, -0.05) is 11.1 Å². The molecule has 3 fully saturated rings. The molecule has 1 aliphatic carbocycles. The summed E-state index contributed by atoms with van der Waals surface area (Å²) in [5.41, 5.74) is 0.0458. The first-order chi connectivity index (χ1) is 19.4. The first-order valence-corrected chi connectivity index (χ1v) is 13.3. The maximum atomic E-state index is 13.9. The van der Waals surface area contributed by atoms with E-state index in [9.17, 15) is 26.7 Å². The first kappa shape index (κ1) is 29.6. The summed E-state index contributed by atoms with van der Waals surface area (Å²) in [7, 11) is 1.43. The van der Waals surface area contributed by atoms with Gasteiger partial charge >= 0.3 is 0 Å². The molecule has 5 atom stereocenters. The predicted molar refractivity (Wildman–Crippen MR) is 133 cm³/mol. The lowest BCUT2D eigenvalue weighted by Crippen LogP contribution is -2.62. The number of rotatable bonds is 5. The van der Waals surface area contributed by atoms with E-state index in [1.165, 1.54) is 18.0 Å². The van der Waals surface area contributed by atoms with Crippen LogP contribution in [0.1, 0.15) is 52.0 Å². The quantitative estimate of drug-likeness (QED) is 0.220. The Labute approximate surface area is 233 Å². The molecule has 5 rings (SSSR count). The number of ketones is 1. The predicted octanol–water partition coefficient (Wildman–Crippen LogP) is 4.63. The third-order valence-corrected chi connectivity index (χ3v) is 7.66. The Kier molecular flexibility index (Phi) is 8.22. The SMILES string of the molecule is CO[C@@H]1C(n2cc(-c3cc(F)c(F)c(F)c3)nn2)[C@H]2OC(C)(C)OC[C@H]2O[C@@H]1CC(=O)C#CC1CCC(F)(F)CC1. The zero-order valence-electron chi connectivity index (χ0n) is 22.7. The molecule has 8 nitrogen and oxygen atoms in total. The largest absolute Gasteiger partial charge is 0.376 e. The van der Waals surface area contributed by atoms with Gasteiger partial charge in [-0.15, -0.1) is 5.10 Å². The molecule has 1 aromatic heterocycles. The van der Waals surface area contributed by atoms with E-state index in [1.807, 2.05) is 0 Å². The maximum Gasteiger partial charge on any atom is 0.248 e. The van der Waals surface area contributed by atoms with Crippen molar-refractivity contribution in [2.75, 3.05) is 13.7 Å². The van der Waals surface area contributed by atoms with Crippen LogP contribution in [-0.2, 0) is 23.7 Å². The van der Waals surface area contributed by atoms with E-state index in [4.69, 9.17) is 18.9 Å². The van der Waals surface area contributed by atoms with Gasteiger partial charge in [0.2, 0.25) is 11.7 Å². The number of fused-ring (bicyclic) bond motifs is 1. The number of hydrogen-bond acceptors (Lipinski definition) is 7. The Morgan fingerprint density at radius 3 is 2.51 bits per heavy atom. The number of ether oxygens (including phenoxy) is 4. The molecule has 2 saturated heterocycles. The molecule has 0 bridgehead atoms. The molecular formula is C28H30F5N3O5. The van der Waals surface area contributed by atoms with E-state index < -0.39 is 65.4 Å². The second-order valence-electron chi connectivity index (χ2n) is 11.1. The fraction of sp³-hybridized carbons (Fsp3) is 0.607. The van der Waals surface area contributed by atoms with E-state index in [2.05, 4.69) is 22.2 Å². The number of nitrogens with zero attached hydrogens (tertiary/aromatic N) is 3. The van der Waals surface area contributed by atoms with Crippen LogP contribution in [0.5, 0.6) is 0 Å². The molecule has 0 radical (unpaired) electrons. The number of Topliss-reactive ketones (excluding diaryl/α,β-unsaturated/α-hetero) is 1. The van der Waals surface area contributed by atoms with Crippen molar-refractivity contribution in [3.05, 3.63) is 35.8 Å². The van der Waals surface area contributed by atoms with Crippen LogP contribution < -0.4 is 0 Å². The van der Waals surface area contributed by atoms with Crippen molar-refractivity contribution < 1.29 is 45.7 Å². The summed E-state index contributed by atoms with van der Waals surface area (Å²) in [5, 5.41) is 8.18. The normalized spacial score (nSPS) is 29.3. The minimum Gasteiger partial charge on any atom is -0.376 e. The van der Waals surface area contributed by atoms with Crippen molar-refractivity contribution >= 4 is 5.78 Å². The fourth-order valence-corrected chi connectivity index (χ4v) is 5.55. The van der Waals surface area contributed by atoms with Crippen LogP contribution in [0.15, 0.2) is 18.3 Å². The van der Waals surface area contributed by atoms with Gasteiger partial charge in [-0.2, -0.15) is 0 Å². The zero-order chi connectivity index (χ0) is 29.5. The monoisotopic (exact) mass is 583 g/mol. The van der Waals surface area contributed by atoms with Crippen molar-refractivity contribution in [1.82, 2.24) is 15.0 Å². The van der Waals surface area contributed by atoms with Gasteiger partial charge in [0.1, 0.15) is 30.0 Å². The van der Waals surface area contributed by atoms with Crippen molar-refractivity contribution in [2.45, 2.75) is 88.1 Å². The first-order valence-electron chi connectivity index (χ1n) is 13.3. The van der Waals surface area contributed by atoms with Crippen LogP contribution in [-0.4, -0.2) is 70.6 Å². The highest BCUT2D eigenvalue weighted by atomic mass is 19.3. The molecule has 2 aromatic rings. The summed E-state index contributed by atoms with van der Waals surface area (Å²) in [6.45, 7) is 3.59. The third kappa shape index (κ3) is 6.45. The van der Waals surface area contributed by atoms with Crippen molar-refractivity contribution in [1.29, 1.82) is 0 Å². The minimum atomic E-state index is -2.69. The summed E-state index contributed by atoms with van der Waals surface area (Å²) in [6.07, 6.45) is -1.73. The number of alkyl halides is 2. The molecule has 41 heavy (non-hydrogen) atoms. The summed E-state index contributed by atoms with van der Waals surface area (Å²) in [5.74, 6) is -3.31. The van der Waals surface area contributed by atoms with Crippen LogP contribution in [0, 0.1) is 35.2 Å². The molecule has 0 N–H and O–H groups in total. The molecule has 0 amide bonds. The number of carbonyl (C=O) groups excluding carboxylic acids is 1. The molecule has 1 aromatic carbocycles. The van der Waals surface area contributed by atoms with Gasteiger partial charge in [-0.25, -0.2) is 26.6 Å². The van der Waals surface area contributed by atoms with Gasteiger partial charge in [0.25, 0.3) is 0 Å². The number of benzene rings is 1. The fourth-order valence-electron chi connectivity index (χ4n) is 5.55. The number of carbonyl (C=O) groups is 1. The van der Waals surface area contributed by atoms with Gasteiger partial charge in [-0.05, 0) is 44.7 Å². The third-order valence-electron chi connectivity index (χ3n) is 7.66. The van der Waals surface area contributed by atoms with Crippen LogP contribution in [0.25, 0.3) is 11.3 Å². The molecule has 1 saturated carbocycles. The van der Waals surface area contributed by atoms with Gasteiger partial charge in [0.05, 0.1) is 18.9 Å². The summed E-state index contributed by atoms with van der Waals surface area (Å²) >= 11 is 0. The van der Waals surface area contributed by atoms with Gasteiger partial charge in [0.15, 0.2) is 23.2 Å². The summed E-state index contributed by atoms with van der Waals surface area (Å²) in [6, 6.07) is 0.911. The van der Waals surface area contributed by atoms with Crippen LogP contribution in [0.4, 0.5) is 22.0 Å². The molecular weight excluding hydrogens is 553 g/mol. The van der Waals surface area contributed by atoms with Crippen LogP contribution in [0.2, 0.25) is 0 Å². The van der Waals surface area contributed by atoms with E-state index in [1.54, 1.807) is 13.8 Å². The van der Waals surface area contributed by atoms with Crippen molar-refractivity contribution in [2.24, 2.45) is 5.92 Å². The average molecular weight is 584 g/mol. The molecule has 2 aliphatic heterocycles. The van der Waals surface area contributed by atoms with Crippen LogP contribution in [0.3, 0.4) is 0 Å². The topological polar surface area (TPSA) is 84.7 Å². The standard InChI is InChI=1S/C28H30F5N3O5/c1-27(2)39-14-22-26(41-27)24(36-13-20(34-35-36)16-10-18(29)23(31)19(30)11-16)25(38-3)21(40-22)12-17(37)5-4-15-6-8-28(32,33)9-7-15/h10-11,13,15,21-22,24-26H,6-9,12,14H2,1-3H3/t21-,22-,24?,25+,26+/m1/s1. The summed E-state index contributed by atoms with van der Waals surface area (Å²) < 4.78 is 93.5. The maximum absolute atomic E-state index is 13.9. The van der Waals surface area contributed by atoms with Crippen molar-refractivity contribution in [3.8, 4) is 23.1 Å². The van der Waals surface area contributed by atoms with Gasteiger partial charge in [0, 0.05) is 37.9 Å². The Bertz CT molecular complexity index is 1320. The average Bonchev–Trinajstić information content (AvgIpc) is 3.40. The number of halogens is 5. The second kappa shape index (κ2) is 11.4. The minimum absolute atomic E-state index is 0.0269. The van der Waals surface area contributed by atoms with E-state index in [-0.39, 0.29) is 55.9 Å². The molecule has 1 unspecified atom stereocenters. The lowest BCUT2D eigenvalue weighted by molar-refractivity contribution is -0.349. The van der Waals surface area contributed by atoms with Crippen LogP contribution >= 0.6 is 0 Å². The lowest BCUT2D eigenvalue weighted by Gasteiger charge is -2.50. The molecule has 3 aliphatic rings. The second-order valence-corrected chi connectivity index (χ2v) is 11.1. The number of hydrogen-bond donors (Lipinski definition) is 0. The molecule has 0 spiro atoms. The van der Waals surface area contributed by atoms with E-state index >= 15 is 0 Å². The Balaban J connectivity index is 1.40. The van der Waals surface area contributed by atoms with E-state index in [0.717, 1.165) is 12.1 Å². The number of methoxy groups -OCH3 is 1. The zero-order valence-corrected chi connectivity index (χ0v) is 22.7. The lowest BCUT2D eigenvalue weighted by atomic mass is 9.87. The molecule has 222 valence electrons. The number of aromatic nitrogens is 3. The van der Waals surface area contributed by atoms with Gasteiger partial charge in [-0.3, -0.25) is 4.79 Å². The van der Waals surface area contributed by atoms with Gasteiger partial charge < -0.3 is 18.9 Å².